The van der Waals surface area contributed by atoms with Gasteiger partial charge in [0.25, 0.3) is 5.91 Å². The van der Waals surface area contributed by atoms with Crippen LogP contribution in [0.2, 0.25) is 0 Å². The van der Waals surface area contributed by atoms with E-state index < -0.39 is 11.6 Å². The van der Waals surface area contributed by atoms with Gasteiger partial charge >= 0.3 is 0 Å². The van der Waals surface area contributed by atoms with Crippen LogP contribution in [-0.4, -0.2) is 60.2 Å². The van der Waals surface area contributed by atoms with Crippen LogP contribution < -0.4 is 11.1 Å². The van der Waals surface area contributed by atoms with Crippen molar-refractivity contribution in [3.05, 3.63) is 21.4 Å². The number of ether oxygens (including phenoxy) is 1. The number of piperidine rings is 1. The molecular formula is C18H26ClN3O4S. The summed E-state index contributed by atoms with van der Waals surface area (Å²) in [7, 11) is 0. The molecule has 1 saturated carbocycles. The summed E-state index contributed by atoms with van der Waals surface area (Å²) in [5, 5.41) is 12.1. The second kappa shape index (κ2) is 8.05. The minimum atomic E-state index is -0.856. The number of amides is 2. The number of nitrogens with one attached hydrogen (secondary N) is 1. The van der Waals surface area contributed by atoms with Crippen molar-refractivity contribution in [1.29, 1.82) is 0 Å². The Morgan fingerprint density at radius 1 is 1.41 bits per heavy atom. The quantitative estimate of drug-likeness (QED) is 0.673. The van der Waals surface area contributed by atoms with Crippen molar-refractivity contribution < 1.29 is 19.4 Å². The smallest absolute Gasteiger partial charge is 0.261 e. The fourth-order valence-electron chi connectivity index (χ4n) is 3.83. The molecule has 1 aromatic heterocycles. The number of rotatable bonds is 4. The molecule has 3 heterocycles. The monoisotopic (exact) mass is 415 g/mol. The van der Waals surface area contributed by atoms with E-state index in [2.05, 4.69) is 5.32 Å². The number of thiophene rings is 1. The number of hydrogen-bond acceptors (Lipinski definition) is 6. The van der Waals surface area contributed by atoms with E-state index in [0.717, 1.165) is 29.7 Å². The predicted octanol–water partition coefficient (Wildman–Crippen LogP) is 0.772. The second-order valence-corrected chi connectivity index (χ2v) is 8.54. The SMILES string of the molecule is Cl.N[C@@H](CO)C(=O)N1CCC2(CC1)OCCc1sc(C(=O)NC3CC3)cc12. The molecule has 2 amide bonds. The van der Waals surface area contributed by atoms with E-state index in [4.69, 9.17) is 15.6 Å². The van der Waals surface area contributed by atoms with Crippen LogP contribution in [-0.2, 0) is 21.6 Å². The largest absolute Gasteiger partial charge is 0.394 e. The molecule has 0 unspecified atom stereocenters. The highest BCUT2D eigenvalue weighted by atomic mass is 35.5. The summed E-state index contributed by atoms with van der Waals surface area (Å²) in [6, 6.07) is 1.48. The van der Waals surface area contributed by atoms with Crippen molar-refractivity contribution in [3.63, 3.8) is 0 Å². The molecule has 0 bridgehead atoms. The van der Waals surface area contributed by atoms with Crippen molar-refractivity contribution >= 4 is 35.6 Å². The molecule has 1 saturated heterocycles. The normalized spacial score (nSPS) is 21.9. The predicted molar refractivity (Wildman–Crippen MR) is 104 cm³/mol. The summed E-state index contributed by atoms with van der Waals surface area (Å²) in [4.78, 5) is 28.3. The van der Waals surface area contributed by atoms with E-state index in [1.807, 2.05) is 6.07 Å². The summed E-state index contributed by atoms with van der Waals surface area (Å²) in [6.07, 6.45) is 4.35. The molecule has 4 N–H and O–H groups in total. The Balaban J connectivity index is 0.00000210. The maximum absolute atomic E-state index is 12.4. The average molecular weight is 416 g/mol. The maximum Gasteiger partial charge on any atom is 0.261 e. The lowest BCUT2D eigenvalue weighted by atomic mass is 9.82. The fourth-order valence-corrected chi connectivity index (χ4v) is 4.96. The maximum atomic E-state index is 12.4. The Kier molecular flexibility index (Phi) is 6.12. The van der Waals surface area contributed by atoms with Gasteiger partial charge in [-0.3, -0.25) is 9.59 Å². The Bertz CT molecular complexity index is 713. The molecule has 1 aromatic rings. The van der Waals surface area contributed by atoms with E-state index in [1.165, 1.54) is 4.88 Å². The van der Waals surface area contributed by atoms with Crippen LogP contribution in [0.25, 0.3) is 0 Å². The first-order valence-electron chi connectivity index (χ1n) is 9.26. The van der Waals surface area contributed by atoms with Crippen molar-refractivity contribution in [2.45, 2.75) is 49.8 Å². The molecular weight excluding hydrogens is 390 g/mol. The number of fused-ring (bicyclic) bond motifs is 2. The molecule has 7 nitrogen and oxygen atoms in total. The van der Waals surface area contributed by atoms with Crippen LogP contribution in [0.15, 0.2) is 6.07 Å². The zero-order valence-corrected chi connectivity index (χ0v) is 16.7. The third-order valence-electron chi connectivity index (χ3n) is 5.54. The van der Waals surface area contributed by atoms with Crippen molar-refractivity contribution in [2.75, 3.05) is 26.3 Å². The number of aliphatic hydroxyl groups excluding tert-OH is 1. The zero-order chi connectivity index (χ0) is 18.3. The molecule has 4 rings (SSSR count). The molecule has 3 aliphatic rings. The molecule has 2 fully saturated rings. The van der Waals surface area contributed by atoms with Gasteiger partial charge in [-0.15, -0.1) is 23.7 Å². The number of carbonyl (C=O) groups is 2. The molecule has 2 aliphatic heterocycles. The van der Waals surface area contributed by atoms with Crippen molar-refractivity contribution in [2.24, 2.45) is 5.73 Å². The van der Waals surface area contributed by atoms with Gasteiger partial charge in [-0.25, -0.2) is 0 Å². The van der Waals surface area contributed by atoms with Gasteiger partial charge in [0.15, 0.2) is 0 Å². The Morgan fingerprint density at radius 3 is 2.74 bits per heavy atom. The van der Waals surface area contributed by atoms with Gasteiger partial charge in [0.1, 0.15) is 6.04 Å². The van der Waals surface area contributed by atoms with Gasteiger partial charge < -0.3 is 25.8 Å². The average Bonchev–Trinajstić information content (AvgIpc) is 3.35. The van der Waals surface area contributed by atoms with E-state index in [-0.39, 0.29) is 30.8 Å². The van der Waals surface area contributed by atoms with Gasteiger partial charge in [0.2, 0.25) is 5.91 Å². The highest BCUT2D eigenvalue weighted by molar-refractivity contribution is 7.14. The number of aliphatic hydroxyl groups is 1. The molecule has 0 aromatic carbocycles. The number of nitrogens with two attached hydrogens (primary N) is 1. The molecule has 1 aliphatic carbocycles. The first-order valence-corrected chi connectivity index (χ1v) is 10.1. The third kappa shape index (κ3) is 4.00. The first kappa shape index (κ1) is 20.5. The summed E-state index contributed by atoms with van der Waals surface area (Å²) in [5.74, 6) is -0.197. The zero-order valence-electron chi connectivity index (χ0n) is 15.1. The highest BCUT2D eigenvalue weighted by Gasteiger charge is 2.43. The number of hydrogen-bond donors (Lipinski definition) is 3. The lowest BCUT2D eigenvalue weighted by Crippen LogP contribution is -2.52. The van der Waals surface area contributed by atoms with E-state index in [0.29, 0.717) is 38.6 Å². The summed E-state index contributed by atoms with van der Waals surface area (Å²) < 4.78 is 6.19. The molecule has 0 radical (unpaired) electrons. The Hall–Kier alpha value is -1.19. The molecule has 9 heteroatoms. The number of nitrogens with zero attached hydrogens (tertiary/aromatic N) is 1. The summed E-state index contributed by atoms with van der Waals surface area (Å²) >= 11 is 1.57. The molecule has 150 valence electrons. The van der Waals surface area contributed by atoms with Crippen molar-refractivity contribution in [1.82, 2.24) is 10.2 Å². The number of halogens is 1. The summed E-state index contributed by atoms with van der Waals surface area (Å²) in [6.45, 7) is 1.39. The van der Waals surface area contributed by atoms with Crippen LogP contribution in [0.4, 0.5) is 0 Å². The minimum absolute atomic E-state index is 0. The van der Waals surface area contributed by atoms with Gasteiger partial charge in [-0.2, -0.15) is 0 Å². The van der Waals surface area contributed by atoms with E-state index in [1.54, 1.807) is 16.2 Å². The van der Waals surface area contributed by atoms with Gasteiger partial charge in [-0.1, -0.05) is 0 Å². The lowest BCUT2D eigenvalue weighted by Gasteiger charge is -2.44. The van der Waals surface area contributed by atoms with Crippen LogP contribution >= 0.6 is 23.7 Å². The van der Waals surface area contributed by atoms with Gasteiger partial charge in [0.05, 0.1) is 23.7 Å². The Labute approximate surface area is 168 Å². The van der Waals surface area contributed by atoms with Gasteiger partial charge in [0, 0.05) is 30.4 Å². The molecule has 27 heavy (non-hydrogen) atoms. The Morgan fingerprint density at radius 2 is 2.11 bits per heavy atom. The van der Waals surface area contributed by atoms with E-state index in [9.17, 15) is 9.59 Å². The lowest BCUT2D eigenvalue weighted by molar-refractivity contribution is -0.142. The van der Waals surface area contributed by atoms with Crippen LogP contribution in [0.5, 0.6) is 0 Å². The fraction of sp³-hybridized carbons (Fsp3) is 0.667. The first-order chi connectivity index (χ1) is 12.5. The van der Waals surface area contributed by atoms with Crippen LogP contribution in [0.3, 0.4) is 0 Å². The van der Waals surface area contributed by atoms with Crippen LogP contribution in [0.1, 0.15) is 45.8 Å². The molecule has 1 spiro atoms. The van der Waals surface area contributed by atoms with Crippen molar-refractivity contribution in [3.8, 4) is 0 Å². The minimum Gasteiger partial charge on any atom is -0.394 e. The van der Waals surface area contributed by atoms with E-state index >= 15 is 0 Å². The number of carbonyl (C=O) groups excluding carboxylic acids is 2. The molecule has 1 atom stereocenters. The summed E-state index contributed by atoms with van der Waals surface area (Å²) in [5.41, 5.74) is 6.36. The second-order valence-electron chi connectivity index (χ2n) is 7.40. The van der Waals surface area contributed by atoms with Gasteiger partial charge in [-0.05, 0) is 37.3 Å². The number of likely N-dealkylation sites (tertiary alicyclic amines) is 1. The highest BCUT2D eigenvalue weighted by Crippen LogP contribution is 2.44. The third-order valence-corrected chi connectivity index (χ3v) is 6.73. The van der Waals surface area contributed by atoms with Crippen LogP contribution in [0, 0.1) is 0 Å². The topological polar surface area (TPSA) is 105 Å². The standard InChI is InChI=1S/C18H25N3O4S.ClH/c19-13(10-22)17(24)21-6-4-18(5-7-21)12-9-15(16(23)20-11-1-2-11)26-14(12)3-8-25-18;/h9,11,13,22H,1-8,10,19H2,(H,20,23);1H/t13-;/m0./s1.